The van der Waals surface area contributed by atoms with E-state index in [1.54, 1.807) is 0 Å². The second-order valence-electron chi connectivity index (χ2n) is 6.79. The molecule has 5 heteroatoms. The largest absolute Gasteiger partial charge is 0.357 e. The molecule has 2 aromatic rings. The van der Waals surface area contributed by atoms with E-state index < -0.39 is 0 Å². The molecule has 1 unspecified atom stereocenters. The number of rotatable bonds is 6. The van der Waals surface area contributed by atoms with Crippen LogP contribution in [0.2, 0.25) is 0 Å². The molecule has 1 aromatic heterocycles. The Morgan fingerprint density at radius 2 is 2.12 bits per heavy atom. The Morgan fingerprint density at radius 1 is 1.31 bits per heavy atom. The fourth-order valence-corrected chi connectivity index (χ4v) is 4.57. The fourth-order valence-electron chi connectivity index (χ4n) is 3.56. The first-order valence-electron chi connectivity index (χ1n) is 9.74. The molecule has 1 aliphatic heterocycles. The van der Waals surface area contributed by atoms with Crippen LogP contribution >= 0.6 is 11.3 Å². The summed E-state index contributed by atoms with van der Waals surface area (Å²) in [6.07, 6.45) is 3.14. The molecule has 1 fully saturated rings. The number of thiazole rings is 1. The number of guanidine groups is 1. The van der Waals surface area contributed by atoms with Gasteiger partial charge in [-0.15, -0.1) is 11.3 Å². The highest BCUT2D eigenvalue weighted by Gasteiger charge is 2.25. The van der Waals surface area contributed by atoms with Crippen LogP contribution in [0.3, 0.4) is 0 Å². The first kappa shape index (κ1) is 18.9. The van der Waals surface area contributed by atoms with E-state index in [0.717, 1.165) is 45.0 Å². The average Bonchev–Trinajstić information content (AvgIpc) is 3.28. The Bertz CT molecular complexity index is 723. The van der Waals surface area contributed by atoms with Crippen molar-refractivity contribution in [3.05, 3.63) is 51.5 Å². The molecule has 0 bridgehead atoms. The molecule has 26 heavy (non-hydrogen) atoms. The lowest BCUT2D eigenvalue weighted by molar-refractivity contribution is 0.486. The Balaban J connectivity index is 1.60. The van der Waals surface area contributed by atoms with Crippen LogP contribution < -0.4 is 5.32 Å². The quantitative estimate of drug-likeness (QED) is 0.617. The second kappa shape index (κ2) is 9.17. The second-order valence-corrected chi connectivity index (χ2v) is 8.08. The molecule has 1 aliphatic rings. The van der Waals surface area contributed by atoms with Gasteiger partial charge < -0.3 is 10.2 Å². The van der Waals surface area contributed by atoms with Crippen LogP contribution in [-0.2, 0) is 12.8 Å². The summed E-state index contributed by atoms with van der Waals surface area (Å²) in [5, 5.41) is 4.68. The summed E-state index contributed by atoms with van der Waals surface area (Å²) >= 11 is 1.82. The van der Waals surface area contributed by atoms with E-state index in [0.29, 0.717) is 5.92 Å². The first-order chi connectivity index (χ1) is 12.7. The maximum absolute atomic E-state index is 4.88. The van der Waals surface area contributed by atoms with Crippen LogP contribution in [0.4, 0.5) is 0 Å². The molecule has 4 nitrogen and oxygen atoms in total. The summed E-state index contributed by atoms with van der Waals surface area (Å²) < 4.78 is 0. The van der Waals surface area contributed by atoms with Crippen molar-refractivity contribution in [3.63, 3.8) is 0 Å². The minimum absolute atomic E-state index is 0.605. The third-order valence-corrected chi connectivity index (χ3v) is 6.03. The van der Waals surface area contributed by atoms with Gasteiger partial charge in [0.05, 0.1) is 10.7 Å². The van der Waals surface area contributed by atoms with Gasteiger partial charge in [0.25, 0.3) is 0 Å². The normalized spacial score (nSPS) is 17.7. The highest BCUT2D eigenvalue weighted by atomic mass is 32.1. The minimum atomic E-state index is 0.605. The third-order valence-electron chi connectivity index (χ3n) is 4.95. The summed E-state index contributed by atoms with van der Waals surface area (Å²) in [5.41, 5.74) is 2.68. The summed E-state index contributed by atoms with van der Waals surface area (Å²) in [5.74, 6) is 1.66. The van der Waals surface area contributed by atoms with E-state index >= 15 is 0 Å². The fraction of sp³-hybridized carbons (Fsp3) is 0.524. The van der Waals surface area contributed by atoms with Gasteiger partial charge in [-0.25, -0.2) is 4.98 Å². The van der Waals surface area contributed by atoms with Crippen LogP contribution in [0.5, 0.6) is 0 Å². The highest BCUT2D eigenvalue weighted by Crippen LogP contribution is 2.27. The number of aliphatic imine (C=N–C) groups is 1. The lowest BCUT2D eigenvalue weighted by Gasteiger charge is -2.21. The van der Waals surface area contributed by atoms with Crippen molar-refractivity contribution < 1.29 is 0 Å². The molecule has 0 aliphatic carbocycles. The van der Waals surface area contributed by atoms with Crippen LogP contribution in [0, 0.1) is 6.92 Å². The van der Waals surface area contributed by atoms with E-state index in [-0.39, 0.29) is 0 Å². The van der Waals surface area contributed by atoms with Crippen molar-refractivity contribution in [2.75, 3.05) is 26.2 Å². The van der Waals surface area contributed by atoms with E-state index in [1.807, 2.05) is 11.3 Å². The average molecular weight is 371 g/mol. The Kier molecular flexibility index (Phi) is 6.67. The molecule has 1 atom stereocenters. The van der Waals surface area contributed by atoms with Gasteiger partial charge in [0.2, 0.25) is 0 Å². The number of nitrogens with zero attached hydrogens (tertiary/aromatic N) is 3. The zero-order chi connectivity index (χ0) is 18.4. The van der Waals surface area contributed by atoms with E-state index in [1.165, 1.54) is 27.6 Å². The molecule has 3 rings (SSSR count). The highest BCUT2D eigenvalue weighted by molar-refractivity contribution is 7.11. The van der Waals surface area contributed by atoms with Crippen molar-refractivity contribution in [2.45, 2.75) is 46.0 Å². The van der Waals surface area contributed by atoms with Crippen LogP contribution in [0.1, 0.15) is 47.3 Å². The standard InChI is InChI=1S/C21H30N4S/c1-4-19-16(3)26-20(24-19)11-13-23-21(22-5-2)25-14-12-18(15-25)17-9-7-6-8-10-17/h6-10,18H,4-5,11-15H2,1-3H3,(H,22,23). The lowest BCUT2D eigenvalue weighted by atomic mass is 9.99. The van der Waals surface area contributed by atoms with Gasteiger partial charge in [0.15, 0.2) is 5.96 Å². The van der Waals surface area contributed by atoms with Crippen LogP contribution in [-0.4, -0.2) is 42.0 Å². The SMILES string of the molecule is CCNC(=NCCc1nc(CC)c(C)s1)N1CCC(c2ccccc2)C1. The molecule has 2 heterocycles. The van der Waals surface area contributed by atoms with Gasteiger partial charge in [-0.1, -0.05) is 37.3 Å². The van der Waals surface area contributed by atoms with Crippen molar-refractivity contribution in [2.24, 2.45) is 4.99 Å². The van der Waals surface area contributed by atoms with Crippen molar-refractivity contribution in [1.29, 1.82) is 0 Å². The van der Waals surface area contributed by atoms with Gasteiger partial charge in [0.1, 0.15) is 0 Å². The molecular formula is C21H30N4S. The molecule has 0 radical (unpaired) electrons. The zero-order valence-electron chi connectivity index (χ0n) is 16.2. The van der Waals surface area contributed by atoms with Crippen LogP contribution in [0.25, 0.3) is 0 Å². The molecule has 1 N–H and O–H groups in total. The molecule has 0 amide bonds. The number of aryl methyl sites for hydroxylation is 2. The number of hydrogen-bond acceptors (Lipinski definition) is 3. The predicted octanol–water partition coefficient (Wildman–Crippen LogP) is 4.01. The van der Waals surface area contributed by atoms with Crippen molar-refractivity contribution >= 4 is 17.3 Å². The number of hydrogen-bond donors (Lipinski definition) is 1. The van der Waals surface area contributed by atoms with E-state index in [4.69, 9.17) is 9.98 Å². The summed E-state index contributed by atoms with van der Waals surface area (Å²) in [4.78, 5) is 13.4. The number of nitrogens with one attached hydrogen (secondary N) is 1. The summed E-state index contributed by atoms with van der Waals surface area (Å²) in [6.45, 7) is 10.3. The van der Waals surface area contributed by atoms with Crippen LogP contribution in [0.15, 0.2) is 35.3 Å². The predicted molar refractivity (Wildman–Crippen MR) is 111 cm³/mol. The Morgan fingerprint density at radius 3 is 2.81 bits per heavy atom. The van der Waals surface area contributed by atoms with Crippen molar-refractivity contribution in [3.8, 4) is 0 Å². The smallest absolute Gasteiger partial charge is 0.193 e. The van der Waals surface area contributed by atoms with Gasteiger partial charge in [-0.2, -0.15) is 0 Å². The maximum Gasteiger partial charge on any atom is 0.193 e. The monoisotopic (exact) mass is 370 g/mol. The van der Waals surface area contributed by atoms with Gasteiger partial charge >= 0.3 is 0 Å². The topological polar surface area (TPSA) is 40.5 Å². The summed E-state index contributed by atoms with van der Waals surface area (Å²) in [6, 6.07) is 10.9. The maximum atomic E-state index is 4.88. The molecule has 1 aromatic carbocycles. The van der Waals surface area contributed by atoms with Gasteiger partial charge in [-0.3, -0.25) is 4.99 Å². The first-order valence-corrected chi connectivity index (χ1v) is 10.6. The minimum Gasteiger partial charge on any atom is -0.357 e. The van der Waals surface area contributed by atoms with E-state index in [2.05, 4.69) is 61.3 Å². The molecular weight excluding hydrogens is 340 g/mol. The molecule has 0 spiro atoms. The Labute approximate surface area is 161 Å². The lowest BCUT2D eigenvalue weighted by Crippen LogP contribution is -2.40. The number of benzene rings is 1. The molecule has 0 saturated carbocycles. The third kappa shape index (κ3) is 4.64. The van der Waals surface area contributed by atoms with Crippen molar-refractivity contribution in [1.82, 2.24) is 15.2 Å². The van der Waals surface area contributed by atoms with Gasteiger partial charge in [0, 0.05) is 43.4 Å². The Hall–Kier alpha value is -1.88. The van der Waals surface area contributed by atoms with E-state index in [9.17, 15) is 0 Å². The van der Waals surface area contributed by atoms with Gasteiger partial charge in [-0.05, 0) is 32.3 Å². The molecule has 140 valence electrons. The zero-order valence-corrected chi connectivity index (χ0v) is 17.0. The summed E-state index contributed by atoms with van der Waals surface area (Å²) in [7, 11) is 0. The number of aromatic nitrogens is 1. The number of likely N-dealkylation sites (tertiary alicyclic amines) is 1. The molecule has 1 saturated heterocycles.